The van der Waals surface area contributed by atoms with Gasteiger partial charge in [0, 0.05) is 13.5 Å². The molecule has 0 atom stereocenters. The van der Waals surface area contributed by atoms with Gasteiger partial charge in [-0.25, -0.2) is 0 Å². The summed E-state index contributed by atoms with van der Waals surface area (Å²) in [5, 5.41) is 4.77. The van der Waals surface area contributed by atoms with Gasteiger partial charge in [-0.1, -0.05) is 42.8 Å². The predicted octanol–water partition coefficient (Wildman–Crippen LogP) is 4.74. The normalized spacial score (nSPS) is 11.0. The summed E-state index contributed by atoms with van der Waals surface area (Å²) in [7, 11) is 1.75. The van der Waals surface area contributed by atoms with Gasteiger partial charge in [0.2, 0.25) is 0 Å². The maximum Gasteiger partial charge on any atom is 0.182 e. The molecule has 0 bridgehead atoms. The lowest BCUT2D eigenvalue weighted by molar-refractivity contribution is 0.0974. The van der Waals surface area contributed by atoms with Crippen molar-refractivity contribution in [2.45, 2.75) is 45.4 Å². The molecule has 0 radical (unpaired) electrons. The van der Waals surface area contributed by atoms with Crippen LogP contribution >= 0.6 is 11.6 Å². The van der Waals surface area contributed by atoms with Crippen LogP contribution in [0.5, 0.6) is 0 Å². The van der Waals surface area contributed by atoms with Crippen molar-refractivity contribution >= 4 is 17.4 Å². The molecule has 1 aromatic carbocycles. The van der Waals surface area contributed by atoms with Crippen LogP contribution in [-0.2, 0) is 26.3 Å². The summed E-state index contributed by atoms with van der Waals surface area (Å²) >= 11 is 6.26. The molecule has 0 N–H and O–H groups in total. The van der Waals surface area contributed by atoms with E-state index >= 15 is 0 Å². The van der Waals surface area contributed by atoms with Crippen molar-refractivity contribution in [2.24, 2.45) is 7.05 Å². The standard InChI is InChI=1S/C19H24ClFN2O/c1-3-16-18(20)19(23(2)22-16)17(24)12-11-15-9-7-14(8-10-15)6-4-5-13-21/h7-10H,3-6,11-13H2,1-2H3/i21-1. The van der Waals surface area contributed by atoms with Crippen LogP contribution in [-0.4, -0.2) is 22.2 Å². The molecule has 5 heteroatoms. The van der Waals surface area contributed by atoms with E-state index in [1.54, 1.807) is 11.7 Å². The fraction of sp³-hybridized carbons (Fsp3) is 0.474. The number of hydrogen-bond acceptors (Lipinski definition) is 2. The Morgan fingerprint density at radius 1 is 1.17 bits per heavy atom. The number of aryl methyl sites for hydroxylation is 4. The van der Waals surface area contributed by atoms with Gasteiger partial charge < -0.3 is 0 Å². The van der Waals surface area contributed by atoms with Crippen LogP contribution in [0.15, 0.2) is 24.3 Å². The Morgan fingerprint density at radius 2 is 1.79 bits per heavy atom. The minimum absolute atomic E-state index is 0.0155. The molecule has 130 valence electrons. The number of benzene rings is 1. The number of rotatable bonds is 9. The first-order chi connectivity index (χ1) is 11.6. The number of nitrogens with zero attached hydrogens (tertiary/aromatic N) is 2. The molecule has 3 nitrogen and oxygen atoms in total. The number of Topliss-reactive ketones (excluding diaryl/α,β-unsaturated/α-hetero) is 1. The summed E-state index contributed by atoms with van der Waals surface area (Å²) in [6, 6.07) is 8.20. The summed E-state index contributed by atoms with van der Waals surface area (Å²) in [5.74, 6) is 0.0155. The first kappa shape index (κ1) is 18.7. The molecular formula is C19H24ClFN2O. The number of aromatic nitrogens is 2. The largest absolute Gasteiger partial charge is 0.292 e. The molecule has 0 aliphatic carbocycles. The quantitative estimate of drug-likeness (QED) is 0.484. The molecule has 0 saturated carbocycles. The van der Waals surface area contributed by atoms with Crippen molar-refractivity contribution in [3.63, 3.8) is 0 Å². The molecule has 2 rings (SSSR count). The minimum Gasteiger partial charge on any atom is -0.292 e. The van der Waals surface area contributed by atoms with Crippen molar-refractivity contribution in [1.82, 2.24) is 9.78 Å². The van der Waals surface area contributed by atoms with Crippen molar-refractivity contribution in [2.75, 3.05) is 6.67 Å². The summed E-state index contributed by atoms with van der Waals surface area (Å²) in [6.45, 7) is 1.72. The zero-order valence-corrected chi connectivity index (χ0v) is 15.1. The Hall–Kier alpha value is -1.68. The summed E-state index contributed by atoms with van der Waals surface area (Å²) < 4.78 is 13.7. The molecule has 1 aromatic heterocycles. The van der Waals surface area contributed by atoms with Gasteiger partial charge >= 0.3 is 0 Å². The lowest BCUT2D eigenvalue weighted by Crippen LogP contribution is -2.08. The Labute approximate surface area is 147 Å². The molecule has 0 saturated heterocycles. The highest BCUT2D eigenvalue weighted by Crippen LogP contribution is 2.22. The van der Waals surface area contributed by atoms with Gasteiger partial charge in [-0.2, -0.15) is 5.10 Å². The third-order valence-corrected chi connectivity index (χ3v) is 4.56. The molecule has 0 spiro atoms. The summed E-state index contributed by atoms with van der Waals surface area (Å²) in [4.78, 5) is 12.4. The number of alkyl halides is 1. The molecule has 0 aliphatic heterocycles. The first-order valence-corrected chi connectivity index (χ1v) is 8.83. The number of halogens is 2. The second kappa shape index (κ2) is 8.97. The van der Waals surface area contributed by atoms with Crippen LogP contribution in [0.2, 0.25) is 5.02 Å². The third kappa shape index (κ3) is 4.67. The number of unbranched alkanes of at least 4 members (excludes halogenated alkanes) is 1. The van der Waals surface area contributed by atoms with Gasteiger partial charge in [0.1, 0.15) is 5.69 Å². The highest BCUT2D eigenvalue weighted by Gasteiger charge is 2.19. The Balaban J connectivity index is 1.93. The van der Waals surface area contributed by atoms with Crippen molar-refractivity contribution in [1.29, 1.82) is 0 Å². The van der Waals surface area contributed by atoms with Crippen LogP contribution < -0.4 is 0 Å². The molecule has 0 amide bonds. The van der Waals surface area contributed by atoms with Crippen LogP contribution in [0.1, 0.15) is 53.5 Å². The van der Waals surface area contributed by atoms with Crippen LogP contribution in [0, 0.1) is 0 Å². The van der Waals surface area contributed by atoms with E-state index < -0.39 is 0 Å². The average Bonchev–Trinajstić information content (AvgIpc) is 2.88. The number of carbonyl (C=O) groups excluding carboxylic acids is 1. The van der Waals surface area contributed by atoms with E-state index in [1.165, 1.54) is 5.56 Å². The van der Waals surface area contributed by atoms with Crippen molar-refractivity contribution < 1.29 is 9.18 Å². The average molecular weight is 350 g/mol. The van der Waals surface area contributed by atoms with E-state index in [2.05, 4.69) is 17.2 Å². The number of ketones is 1. The molecule has 24 heavy (non-hydrogen) atoms. The zero-order valence-electron chi connectivity index (χ0n) is 14.3. The highest BCUT2D eigenvalue weighted by atomic mass is 35.5. The van der Waals surface area contributed by atoms with Gasteiger partial charge in [0.05, 0.1) is 17.4 Å². The van der Waals surface area contributed by atoms with Crippen molar-refractivity contribution in [3.05, 3.63) is 51.8 Å². The van der Waals surface area contributed by atoms with Gasteiger partial charge in [-0.05, 0) is 43.2 Å². The lowest BCUT2D eigenvalue weighted by Gasteiger charge is -2.05. The van der Waals surface area contributed by atoms with Crippen LogP contribution in [0.3, 0.4) is 0 Å². The van der Waals surface area contributed by atoms with E-state index in [-0.39, 0.29) is 12.5 Å². The summed E-state index contributed by atoms with van der Waals surface area (Å²) in [6.07, 6.45) is 4.17. The molecule has 0 fully saturated rings. The van der Waals surface area contributed by atoms with E-state index in [0.29, 0.717) is 36.4 Å². The smallest absolute Gasteiger partial charge is 0.182 e. The molecular weight excluding hydrogens is 326 g/mol. The lowest BCUT2D eigenvalue weighted by atomic mass is 10.0. The third-order valence-electron chi connectivity index (χ3n) is 4.17. The second-order valence-electron chi connectivity index (χ2n) is 5.97. The number of hydrogen-bond donors (Lipinski definition) is 0. The Kier molecular flexibility index (Phi) is 6.98. The van der Waals surface area contributed by atoms with Gasteiger partial charge in [0.15, 0.2) is 5.78 Å². The second-order valence-corrected chi connectivity index (χ2v) is 6.35. The first-order valence-electron chi connectivity index (χ1n) is 8.45. The molecule has 0 aliphatic rings. The maximum atomic E-state index is 12.4. The topological polar surface area (TPSA) is 34.9 Å². The monoisotopic (exact) mass is 349 g/mol. The molecule has 1 heterocycles. The molecule has 0 unspecified atom stereocenters. The maximum absolute atomic E-state index is 12.4. The van der Waals surface area contributed by atoms with Gasteiger partial charge in [0.25, 0.3) is 0 Å². The van der Waals surface area contributed by atoms with E-state index in [9.17, 15) is 9.18 Å². The number of carbonyl (C=O) groups is 1. The summed E-state index contributed by atoms with van der Waals surface area (Å²) in [5.41, 5.74) is 3.59. The molecule has 2 aromatic rings. The zero-order chi connectivity index (χ0) is 17.5. The highest BCUT2D eigenvalue weighted by molar-refractivity contribution is 6.34. The Morgan fingerprint density at radius 3 is 2.33 bits per heavy atom. The van der Waals surface area contributed by atoms with E-state index in [0.717, 1.165) is 24.1 Å². The Bertz CT molecular complexity index is 679. The SMILES string of the molecule is CCc1nn(C)c(C(=O)CCc2ccc(CCCC[18F])cc2)c1Cl. The van der Waals surface area contributed by atoms with Crippen LogP contribution in [0.25, 0.3) is 0 Å². The van der Waals surface area contributed by atoms with E-state index in [4.69, 9.17) is 11.6 Å². The fourth-order valence-corrected chi connectivity index (χ4v) is 3.15. The van der Waals surface area contributed by atoms with E-state index in [1.807, 2.05) is 19.1 Å². The van der Waals surface area contributed by atoms with Gasteiger partial charge in [-0.15, -0.1) is 0 Å². The fourth-order valence-electron chi connectivity index (χ4n) is 2.75. The van der Waals surface area contributed by atoms with Crippen LogP contribution in [0.4, 0.5) is 4.39 Å². The minimum atomic E-state index is -0.253. The van der Waals surface area contributed by atoms with Crippen molar-refractivity contribution in [3.8, 4) is 0 Å². The predicted molar refractivity (Wildman–Crippen MR) is 95.6 cm³/mol. The van der Waals surface area contributed by atoms with Gasteiger partial charge in [-0.3, -0.25) is 13.9 Å².